The average molecular weight is 233 g/mol. The summed E-state index contributed by atoms with van der Waals surface area (Å²) in [6, 6.07) is 1.54. The summed E-state index contributed by atoms with van der Waals surface area (Å²) < 4.78 is 5.50. The minimum absolute atomic E-state index is 0.341. The molecule has 1 atom stereocenters. The summed E-state index contributed by atoms with van der Waals surface area (Å²) in [5.41, 5.74) is 7.57. The third-order valence-electron chi connectivity index (χ3n) is 2.32. The Balaban J connectivity index is 2.15. The van der Waals surface area contributed by atoms with Crippen LogP contribution in [0, 0.1) is 0 Å². The number of hydrogen-bond donors (Lipinski definition) is 2. The SMILES string of the molecule is CCCOc1cncc(C(N)c2cn[nH]n2)c1. The number of ether oxygens (including phenoxy) is 1. The topological polar surface area (TPSA) is 89.7 Å². The van der Waals surface area contributed by atoms with E-state index in [-0.39, 0.29) is 6.04 Å². The smallest absolute Gasteiger partial charge is 0.137 e. The first kappa shape index (κ1) is 11.5. The molecule has 0 aliphatic rings. The van der Waals surface area contributed by atoms with Crippen LogP contribution in [0.3, 0.4) is 0 Å². The van der Waals surface area contributed by atoms with Crippen LogP contribution in [0.1, 0.15) is 30.6 Å². The molecule has 2 rings (SSSR count). The highest BCUT2D eigenvalue weighted by Gasteiger charge is 2.12. The molecule has 0 saturated heterocycles. The van der Waals surface area contributed by atoms with Crippen LogP contribution < -0.4 is 10.5 Å². The van der Waals surface area contributed by atoms with Crippen LogP contribution in [-0.4, -0.2) is 27.0 Å². The van der Waals surface area contributed by atoms with Crippen molar-refractivity contribution >= 4 is 0 Å². The molecular formula is C11H15N5O. The van der Waals surface area contributed by atoms with Crippen molar-refractivity contribution in [2.75, 3.05) is 6.61 Å². The molecule has 1 unspecified atom stereocenters. The fourth-order valence-electron chi connectivity index (χ4n) is 1.44. The maximum atomic E-state index is 6.04. The van der Waals surface area contributed by atoms with Gasteiger partial charge >= 0.3 is 0 Å². The highest BCUT2D eigenvalue weighted by atomic mass is 16.5. The molecule has 2 aromatic heterocycles. The number of aromatic amines is 1. The molecule has 6 heteroatoms. The van der Waals surface area contributed by atoms with Gasteiger partial charge in [0.05, 0.1) is 25.0 Å². The highest BCUT2D eigenvalue weighted by molar-refractivity contribution is 5.29. The van der Waals surface area contributed by atoms with Crippen molar-refractivity contribution in [3.05, 3.63) is 35.9 Å². The lowest BCUT2D eigenvalue weighted by atomic mass is 10.1. The number of pyridine rings is 1. The van der Waals surface area contributed by atoms with E-state index in [1.807, 2.05) is 6.07 Å². The molecule has 17 heavy (non-hydrogen) atoms. The fraction of sp³-hybridized carbons (Fsp3) is 0.364. The standard InChI is InChI=1S/C11H15N5O/c1-2-3-17-9-4-8(5-13-6-9)11(12)10-7-14-16-15-10/h4-7,11H,2-3,12H2,1H3,(H,14,15,16). The number of H-pyrrole nitrogens is 1. The predicted molar refractivity (Wildman–Crippen MR) is 62.4 cm³/mol. The molecule has 0 fully saturated rings. The summed E-state index contributed by atoms with van der Waals surface area (Å²) in [5, 5.41) is 10.2. The van der Waals surface area contributed by atoms with E-state index >= 15 is 0 Å². The summed E-state index contributed by atoms with van der Waals surface area (Å²) in [7, 11) is 0. The van der Waals surface area contributed by atoms with Gasteiger partial charge in [0.25, 0.3) is 0 Å². The van der Waals surface area contributed by atoms with Gasteiger partial charge in [-0.15, -0.1) is 0 Å². The minimum atomic E-state index is -0.341. The van der Waals surface area contributed by atoms with Gasteiger partial charge in [-0.3, -0.25) is 4.98 Å². The lowest BCUT2D eigenvalue weighted by Crippen LogP contribution is -2.13. The van der Waals surface area contributed by atoms with Crippen molar-refractivity contribution in [2.45, 2.75) is 19.4 Å². The van der Waals surface area contributed by atoms with Crippen LogP contribution in [0.25, 0.3) is 0 Å². The van der Waals surface area contributed by atoms with E-state index in [9.17, 15) is 0 Å². The van der Waals surface area contributed by atoms with Gasteiger partial charge in [0.2, 0.25) is 0 Å². The third-order valence-corrected chi connectivity index (χ3v) is 2.32. The zero-order chi connectivity index (χ0) is 12.1. The first-order valence-electron chi connectivity index (χ1n) is 5.50. The number of nitrogens with zero attached hydrogens (tertiary/aromatic N) is 3. The van der Waals surface area contributed by atoms with Gasteiger partial charge in [0, 0.05) is 6.20 Å². The minimum Gasteiger partial charge on any atom is -0.492 e. The number of hydrogen-bond acceptors (Lipinski definition) is 5. The maximum Gasteiger partial charge on any atom is 0.137 e. The quantitative estimate of drug-likeness (QED) is 0.805. The van der Waals surface area contributed by atoms with E-state index in [1.54, 1.807) is 18.6 Å². The van der Waals surface area contributed by atoms with Gasteiger partial charge in [-0.2, -0.15) is 15.4 Å². The first-order chi connectivity index (χ1) is 8.31. The Morgan fingerprint density at radius 2 is 2.29 bits per heavy atom. The second kappa shape index (κ2) is 5.40. The van der Waals surface area contributed by atoms with Crippen LogP contribution in [0.4, 0.5) is 0 Å². The monoisotopic (exact) mass is 233 g/mol. The zero-order valence-electron chi connectivity index (χ0n) is 9.63. The number of rotatable bonds is 5. The largest absolute Gasteiger partial charge is 0.492 e. The molecule has 2 heterocycles. The van der Waals surface area contributed by atoms with Gasteiger partial charge in [-0.05, 0) is 18.1 Å². The molecule has 0 aliphatic carbocycles. The van der Waals surface area contributed by atoms with Crippen molar-refractivity contribution in [3.63, 3.8) is 0 Å². The van der Waals surface area contributed by atoms with Crippen LogP contribution >= 0.6 is 0 Å². The van der Waals surface area contributed by atoms with Gasteiger partial charge in [-0.1, -0.05) is 6.92 Å². The van der Waals surface area contributed by atoms with Crippen molar-refractivity contribution in [3.8, 4) is 5.75 Å². The second-order valence-electron chi connectivity index (χ2n) is 3.67. The third kappa shape index (κ3) is 2.79. The number of nitrogens with two attached hydrogens (primary N) is 1. The molecule has 6 nitrogen and oxygen atoms in total. The molecule has 90 valence electrons. The Bertz CT molecular complexity index is 457. The molecule has 0 aromatic carbocycles. The predicted octanol–water partition coefficient (Wildman–Crippen LogP) is 1.04. The molecule has 2 aromatic rings. The molecule has 3 N–H and O–H groups in total. The Morgan fingerprint density at radius 3 is 3.00 bits per heavy atom. The van der Waals surface area contributed by atoms with E-state index < -0.39 is 0 Å². The summed E-state index contributed by atoms with van der Waals surface area (Å²) in [4.78, 5) is 4.11. The summed E-state index contributed by atoms with van der Waals surface area (Å²) in [6.07, 6.45) is 5.94. The van der Waals surface area contributed by atoms with Crippen LogP contribution in [-0.2, 0) is 0 Å². The van der Waals surface area contributed by atoms with Crippen molar-refractivity contribution in [1.29, 1.82) is 0 Å². The zero-order valence-corrected chi connectivity index (χ0v) is 9.63. The summed E-state index contributed by atoms with van der Waals surface area (Å²) >= 11 is 0. The van der Waals surface area contributed by atoms with Gasteiger partial charge in [0.15, 0.2) is 0 Å². The average Bonchev–Trinajstić information content (AvgIpc) is 2.89. The van der Waals surface area contributed by atoms with E-state index in [0.717, 1.165) is 17.7 Å². The highest BCUT2D eigenvalue weighted by Crippen LogP contribution is 2.20. The van der Waals surface area contributed by atoms with Crippen LogP contribution in [0.5, 0.6) is 5.75 Å². The Kier molecular flexibility index (Phi) is 3.66. The van der Waals surface area contributed by atoms with Crippen LogP contribution in [0.15, 0.2) is 24.7 Å². The van der Waals surface area contributed by atoms with Crippen molar-refractivity contribution < 1.29 is 4.74 Å². The van der Waals surface area contributed by atoms with Crippen molar-refractivity contribution in [2.24, 2.45) is 5.73 Å². The Labute approximate surface area is 99.2 Å². The van der Waals surface area contributed by atoms with E-state index in [1.165, 1.54) is 0 Å². The Morgan fingerprint density at radius 1 is 1.41 bits per heavy atom. The van der Waals surface area contributed by atoms with Gasteiger partial charge in [0.1, 0.15) is 11.4 Å². The van der Waals surface area contributed by atoms with E-state index in [2.05, 4.69) is 27.3 Å². The van der Waals surface area contributed by atoms with Crippen molar-refractivity contribution in [1.82, 2.24) is 20.4 Å². The molecular weight excluding hydrogens is 218 g/mol. The van der Waals surface area contributed by atoms with Gasteiger partial charge < -0.3 is 10.5 Å². The second-order valence-corrected chi connectivity index (χ2v) is 3.67. The number of aromatic nitrogens is 4. The lowest BCUT2D eigenvalue weighted by molar-refractivity contribution is 0.315. The summed E-state index contributed by atoms with van der Waals surface area (Å²) in [6.45, 7) is 2.72. The molecule has 0 aliphatic heterocycles. The molecule has 0 amide bonds. The summed E-state index contributed by atoms with van der Waals surface area (Å²) in [5.74, 6) is 0.725. The molecule has 0 bridgehead atoms. The van der Waals surface area contributed by atoms with E-state index in [4.69, 9.17) is 10.5 Å². The van der Waals surface area contributed by atoms with Crippen LogP contribution in [0.2, 0.25) is 0 Å². The Hall–Kier alpha value is -1.95. The van der Waals surface area contributed by atoms with E-state index in [0.29, 0.717) is 12.3 Å². The lowest BCUT2D eigenvalue weighted by Gasteiger charge is -2.10. The maximum absolute atomic E-state index is 6.04. The molecule has 0 saturated carbocycles. The first-order valence-corrected chi connectivity index (χ1v) is 5.50. The number of nitrogens with one attached hydrogen (secondary N) is 1. The fourth-order valence-corrected chi connectivity index (χ4v) is 1.44. The van der Waals surface area contributed by atoms with Gasteiger partial charge in [-0.25, -0.2) is 0 Å². The molecule has 0 spiro atoms. The normalized spacial score (nSPS) is 12.4. The molecule has 0 radical (unpaired) electrons.